The predicted molar refractivity (Wildman–Crippen MR) is 35.8 cm³/mol. The standard InChI is InChI=1S/C7H8NO/c1-9-7-4-2-6(8)3-5-7/h2-5,8H,1H3. The van der Waals surface area contributed by atoms with Gasteiger partial charge in [0, 0.05) is 0 Å². The van der Waals surface area contributed by atoms with Crippen molar-refractivity contribution in [1.29, 1.82) is 0 Å². The van der Waals surface area contributed by atoms with E-state index in [0.717, 1.165) is 5.75 Å². The second kappa shape index (κ2) is 2.40. The minimum Gasteiger partial charge on any atom is -0.497 e. The van der Waals surface area contributed by atoms with Crippen molar-refractivity contribution in [3.05, 3.63) is 24.3 Å². The summed E-state index contributed by atoms with van der Waals surface area (Å²) in [4.78, 5) is 0. The molecule has 1 rings (SSSR count). The van der Waals surface area contributed by atoms with Gasteiger partial charge in [-0.05, 0) is 24.3 Å². The maximum Gasteiger partial charge on any atom is 0.119 e. The summed E-state index contributed by atoms with van der Waals surface area (Å²) in [5, 5.41) is 0. The van der Waals surface area contributed by atoms with E-state index < -0.39 is 0 Å². The minimum atomic E-state index is 0.510. The Balaban J connectivity index is 2.88. The van der Waals surface area contributed by atoms with Gasteiger partial charge in [0.1, 0.15) is 5.75 Å². The highest BCUT2D eigenvalue weighted by atomic mass is 16.5. The number of methoxy groups -OCH3 is 1. The maximum atomic E-state index is 7.11. The first-order chi connectivity index (χ1) is 4.33. The first-order valence-corrected chi connectivity index (χ1v) is 2.68. The molecule has 0 spiro atoms. The molecule has 0 saturated heterocycles. The fourth-order valence-corrected chi connectivity index (χ4v) is 0.591. The van der Waals surface area contributed by atoms with Gasteiger partial charge in [-0.3, -0.25) is 0 Å². The number of ether oxygens (including phenoxy) is 1. The zero-order valence-electron chi connectivity index (χ0n) is 5.22. The number of rotatable bonds is 1. The average Bonchev–Trinajstić information content (AvgIpc) is 1.90. The molecular weight excluding hydrogens is 114 g/mol. The molecule has 1 radical (unpaired) electrons. The number of hydrogen-bond acceptors (Lipinski definition) is 1. The Hall–Kier alpha value is -1.18. The molecule has 0 aromatic heterocycles. The molecule has 0 bridgehead atoms. The molecule has 0 saturated carbocycles. The molecule has 1 aromatic carbocycles. The van der Waals surface area contributed by atoms with E-state index >= 15 is 0 Å². The Labute approximate surface area is 54.2 Å². The summed E-state index contributed by atoms with van der Waals surface area (Å²) in [5.74, 6) is 0.797. The SMILES string of the molecule is COc1ccc([NH])cc1. The summed E-state index contributed by atoms with van der Waals surface area (Å²) in [6.45, 7) is 0. The molecule has 2 heteroatoms. The fraction of sp³-hybridized carbons (Fsp3) is 0.143. The lowest BCUT2D eigenvalue weighted by atomic mass is 10.3. The number of hydrogen-bond donors (Lipinski definition) is 0. The van der Waals surface area contributed by atoms with E-state index in [1.165, 1.54) is 0 Å². The minimum absolute atomic E-state index is 0.510. The van der Waals surface area contributed by atoms with Crippen LogP contribution in [0.4, 0.5) is 5.69 Å². The van der Waals surface area contributed by atoms with Crippen LogP contribution in [-0.4, -0.2) is 7.11 Å². The van der Waals surface area contributed by atoms with Crippen LogP contribution in [0.3, 0.4) is 0 Å². The van der Waals surface area contributed by atoms with Crippen LogP contribution < -0.4 is 10.5 Å². The molecule has 0 fully saturated rings. The van der Waals surface area contributed by atoms with Crippen molar-refractivity contribution in [2.24, 2.45) is 0 Å². The van der Waals surface area contributed by atoms with E-state index in [1.807, 2.05) is 0 Å². The molecule has 9 heavy (non-hydrogen) atoms. The molecule has 0 unspecified atom stereocenters. The van der Waals surface area contributed by atoms with E-state index in [2.05, 4.69) is 0 Å². The second-order valence-corrected chi connectivity index (χ2v) is 1.73. The van der Waals surface area contributed by atoms with Crippen LogP contribution in [0.25, 0.3) is 0 Å². The lowest BCUT2D eigenvalue weighted by Crippen LogP contribution is -1.80. The fourth-order valence-electron chi connectivity index (χ4n) is 0.591. The smallest absolute Gasteiger partial charge is 0.119 e. The molecule has 47 valence electrons. The van der Waals surface area contributed by atoms with Gasteiger partial charge in [0.05, 0.1) is 12.8 Å². The number of benzene rings is 1. The van der Waals surface area contributed by atoms with Gasteiger partial charge in [0.25, 0.3) is 0 Å². The van der Waals surface area contributed by atoms with E-state index in [4.69, 9.17) is 10.5 Å². The van der Waals surface area contributed by atoms with Crippen molar-refractivity contribution in [2.75, 3.05) is 7.11 Å². The van der Waals surface area contributed by atoms with Gasteiger partial charge < -0.3 is 10.5 Å². The molecular formula is C7H8NO. The Morgan fingerprint density at radius 3 is 2.22 bits per heavy atom. The van der Waals surface area contributed by atoms with Crippen molar-refractivity contribution in [1.82, 2.24) is 5.73 Å². The van der Waals surface area contributed by atoms with Crippen LogP contribution in [0.5, 0.6) is 5.75 Å². The first-order valence-electron chi connectivity index (χ1n) is 2.68. The third-order valence-corrected chi connectivity index (χ3v) is 1.09. The predicted octanol–water partition coefficient (Wildman–Crippen LogP) is 1.61. The Kier molecular flexibility index (Phi) is 1.58. The Morgan fingerprint density at radius 1 is 1.22 bits per heavy atom. The van der Waals surface area contributed by atoms with Crippen molar-refractivity contribution < 1.29 is 4.74 Å². The van der Waals surface area contributed by atoms with Crippen LogP contribution in [0.15, 0.2) is 24.3 Å². The molecule has 0 amide bonds. The highest BCUT2D eigenvalue weighted by Gasteiger charge is 1.86. The van der Waals surface area contributed by atoms with Gasteiger partial charge in [-0.2, -0.15) is 0 Å². The largest absolute Gasteiger partial charge is 0.497 e. The monoisotopic (exact) mass is 122 g/mol. The van der Waals surface area contributed by atoms with Gasteiger partial charge in [-0.25, -0.2) is 0 Å². The third kappa shape index (κ3) is 1.35. The van der Waals surface area contributed by atoms with Gasteiger partial charge >= 0.3 is 0 Å². The molecule has 1 aromatic rings. The second-order valence-electron chi connectivity index (χ2n) is 1.73. The van der Waals surface area contributed by atoms with E-state index in [-0.39, 0.29) is 0 Å². The van der Waals surface area contributed by atoms with E-state index in [1.54, 1.807) is 31.4 Å². The molecule has 0 atom stereocenters. The average molecular weight is 122 g/mol. The van der Waals surface area contributed by atoms with Crippen molar-refractivity contribution in [3.8, 4) is 5.75 Å². The van der Waals surface area contributed by atoms with Crippen LogP contribution in [0.1, 0.15) is 0 Å². The van der Waals surface area contributed by atoms with Crippen molar-refractivity contribution in [2.45, 2.75) is 0 Å². The summed E-state index contributed by atoms with van der Waals surface area (Å²) in [7, 11) is 1.61. The molecule has 0 heterocycles. The molecule has 2 nitrogen and oxygen atoms in total. The Morgan fingerprint density at radius 2 is 1.78 bits per heavy atom. The van der Waals surface area contributed by atoms with Crippen molar-refractivity contribution >= 4 is 5.69 Å². The summed E-state index contributed by atoms with van der Waals surface area (Å²) >= 11 is 0. The molecule has 1 N–H and O–H groups in total. The quantitative estimate of drug-likeness (QED) is 0.557. The van der Waals surface area contributed by atoms with E-state index in [9.17, 15) is 0 Å². The summed E-state index contributed by atoms with van der Waals surface area (Å²) in [5.41, 5.74) is 7.62. The third-order valence-electron chi connectivity index (χ3n) is 1.09. The number of nitrogens with one attached hydrogen (secondary N) is 1. The lowest BCUT2D eigenvalue weighted by molar-refractivity contribution is 0.415. The zero-order valence-corrected chi connectivity index (χ0v) is 5.22. The normalized spacial score (nSPS) is 9.00. The van der Waals surface area contributed by atoms with Crippen LogP contribution in [0.2, 0.25) is 0 Å². The van der Waals surface area contributed by atoms with Gasteiger partial charge in [-0.1, -0.05) is 0 Å². The van der Waals surface area contributed by atoms with Gasteiger partial charge in [0.15, 0.2) is 0 Å². The van der Waals surface area contributed by atoms with Gasteiger partial charge in [-0.15, -0.1) is 0 Å². The summed E-state index contributed by atoms with van der Waals surface area (Å²) in [6.07, 6.45) is 0. The van der Waals surface area contributed by atoms with Crippen LogP contribution >= 0.6 is 0 Å². The van der Waals surface area contributed by atoms with Crippen LogP contribution in [-0.2, 0) is 0 Å². The van der Waals surface area contributed by atoms with Crippen molar-refractivity contribution in [3.63, 3.8) is 0 Å². The highest BCUT2D eigenvalue weighted by molar-refractivity contribution is 5.38. The molecule has 0 aliphatic rings. The Bertz CT molecular complexity index is 181. The molecule has 0 aliphatic carbocycles. The van der Waals surface area contributed by atoms with Crippen LogP contribution in [0, 0.1) is 0 Å². The zero-order chi connectivity index (χ0) is 6.69. The summed E-state index contributed by atoms with van der Waals surface area (Å²) in [6, 6.07) is 6.92. The lowest BCUT2D eigenvalue weighted by Gasteiger charge is -1.96. The maximum absolute atomic E-state index is 7.11. The van der Waals surface area contributed by atoms with Gasteiger partial charge in [0.2, 0.25) is 0 Å². The topological polar surface area (TPSA) is 33.0 Å². The first kappa shape index (κ1) is 5.95. The summed E-state index contributed by atoms with van der Waals surface area (Å²) < 4.78 is 4.89. The molecule has 0 aliphatic heterocycles. The highest BCUT2D eigenvalue weighted by Crippen LogP contribution is 2.12. The van der Waals surface area contributed by atoms with E-state index in [0.29, 0.717) is 5.69 Å².